The van der Waals surface area contributed by atoms with Crippen LogP contribution < -0.4 is 10.6 Å². The molecule has 0 aromatic heterocycles. The normalized spacial score (nSPS) is 10.5. The summed E-state index contributed by atoms with van der Waals surface area (Å²) < 4.78 is 0. The Balaban J connectivity index is 2.17. The first-order valence-corrected chi connectivity index (χ1v) is 5.86. The summed E-state index contributed by atoms with van der Waals surface area (Å²) in [6.07, 6.45) is 0. The molecule has 0 saturated carbocycles. The molecular formula is C13H20N2O2. The second kappa shape index (κ2) is 6.91. The molecule has 4 nitrogen and oxygen atoms in total. The van der Waals surface area contributed by atoms with E-state index in [0.717, 1.165) is 5.56 Å². The van der Waals surface area contributed by atoms with Gasteiger partial charge in [0.05, 0.1) is 0 Å². The van der Waals surface area contributed by atoms with Crippen molar-refractivity contribution in [2.24, 2.45) is 5.92 Å². The van der Waals surface area contributed by atoms with Crippen LogP contribution in [0.2, 0.25) is 0 Å². The van der Waals surface area contributed by atoms with Crippen LogP contribution in [0, 0.1) is 5.92 Å². The van der Waals surface area contributed by atoms with Crippen molar-refractivity contribution in [3.63, 3.8) is 0 Å². The number of phenols is 1. The van der Waals surface area contributed by atoms with Crippen LogP contribution in [-0.4, -0.2) is 24.1 Å². The second-order valence-corrected chi connectivity index (χ2v) is 4.25. The number of phenolic OH excluding ortho intramolecular Hbond substituents is 1. The van der Waals surface area contributed by atoms with Crippen molar-refractivity contribution in [1.82, 2.24) is 10.6 Å². The van der Waals surface area contributed by atoms with Gasteiger partial charge >= 0.3 is 0 Å². The molecule has 0 atom stereocenters. The highest BCUT2D eigenvalue weighted by Gasteiger charge is 2.04. The zero-order valence-electron chi connectivity index (χ0n) is 10.4. The number of aromatic hydroxyl groups is 1. The molecule has 1 aromatic rings. The first kappa shape index (κ1) is 13.5. The molecule has 0 aliphatic heterocycles. The number of carbonyl (C=O) groups excluding carboxylic acids is 1. The zero-order valence-corrected chi connectivity index (χ0v) is 10.4. The Morgan fingerprint density at radius 2 is 2.00 bits per heavy atom. The van der Waals surface area contributed by atoms with E-state index in [0.29, 0.717) is 25.4 Å². The van der Waals surface area contributed by atoms with E-state index in [1.54, 1.807) is 12.1 Å². The van der Waals surface area contributed by atoms with E-state index in [2.05, 4.69) is 10.6 Å². The fraction of sp³-hybridized carbons (Fsp3) is 0.462. The first-order valence-electron chi connectivity index (χ1n) is 5.86. The number of carbonyl (C=O) groups is 1. The van der Waals surface area contributed by atoms with Crippen molar-refractivity contribution >= 4 is 5.91 Å². The lowest BCUT2D eigenvalue weighted by atomic mass is 10.2. The molecule has 1 amide bonds. The molecule has 0 aliphatic rings. The Morgan fingerprint density at radius 3 is 2.65 bits per heavy atom. The monoisotopic (exact) mass is 236 g/mol. The van der Waals surface area contributed by atoms with Gasteiger partial charge in [0.15, 0.2) is 0 Å². The largest absolute Gasteiger partial charge is 0.508 e. The zero-order chi connectivity index (χ0) is 12.7. The van der Waals surface area contributed by atoms with Crippen LogP contribution in [0.4, 0.5) is 0 Å². The summed E-state index contributed by atoms with van der Waals surface area (Å²) in [6, 6.07) is 7.21. The van der Waals surface area contributed by atoms with Gasteiger partial charge in [0, 0.05) is 31.1 Å². The fourth-order valence-corrected chi connectivity index (χ4v) is 1.36. The van der Waals surface area contributed by atoms with Crippen LogP contribution in [0.15, 0.2) is 24.3 Å². The van der Waals surface area contributed by atoms with Gasteiger partial charge in [-0.3, -0.25) is 4.79 Å². The topological polar surface area (TPSA) is 61.4 Å². The molecule has 0 spiro atoms. The molecule has 0 unspecified atom stereocenters. The van der Waals surface area contributed by atoms with Crippen molar-refractivity contribution < 1.29 is 9.90 Å². The third-order valence-corrected chi connectivity index (χ3v) is 2.43. The van der Waals surface area contributed by atoms with E-state index in [4.69, 9.17) is 0 Å². The summed E-state index contributed by atoms with van der Waals surface area (Å²) in [5, 5.41) is 15.5. The molecule has 4 heteroatoms. The molecule has 94 valence electrons. The van der Waals surface area contributed by atoms with Crippen molar-refractivity contribution in [2.45, 2.75) is 20.4 Å². The van der Waals surface area contributed by atoms with Gasteiger partial charge in [0.2, 0.25) is 5.91 Å². The average molecular weight is 236 g/mol. The van der Waals surface area contributed by atoms with Gasteiger partial charge in [-0.2, -0.15) is 0 Å². The predicted molar refractivity (Wildman–Crippen MR) is 67.7 cm³/mol. The number of nitrogens with one attached hydrogen (secondary N) is 2. The van der Waals surface area contributed by atoms with Gasteiger partial charge < -0.3 is 15.7 Å². The molecule has 0 aliphatic carbocycles. The number of amides is 1. The highest BCUT2D eigenvalue weighted by molar-refractivity contribution is 5.77. The Bertz CT molecular complexity index is 364. The Kier molecular flexibility index (Phi) is 5.49. The van der Waals surface area contributed by atoms with E-state index in [1.807, 2.05) is 26.0 Å². The quantitative estimate of drug-likeness (QED) is 0.651. The van der Waals surface area contributed by atoms with Gasteiger partial charge in [0.25, 0.3) is 0 Å². The molecule has 0 heterocycles. The van der Waals surface area contributed by atoms with Gasteiger partial charge in [-0.1, -0.05) is 32.0 Å². The molecular weight excluding hydrogens is 216 g/mol. The predicted octanol–water partition coefficient (Wildman–Crippen LogP) is 1.25. The highest BCUT2D eigenvalue weighted by atomic mass is 16.3. The Labute approximate surface area is 102 Å². The van der Waals surface area contributed by atoms with Crippen LogP contribution in [0.25, 0.3) is 0 Å². The second-order valence-electron chi connectivity index (χ2n) is 4.25. The highest BCUT2D eigenvalue weighted by Crippen LogP contribution is 2.14. The third kappa shape index (κ3) is 4.87. The number of hydrogen-bond donors (Lipinski definition) is 3. The maximum absolute atomic E-state index is 11.3. The van der Waals surface area contributed by atoms with E-state index in [9.17, 15) is 9.90 Å². The minimum atomic E-state index is 0.0215. The molecule has 0 saturated heterocycles. The van der Waals surface area contributed by atoms with Crippen molar-refractivity contribution in [1.29, 1.82) is 0 Å². The van der Waals surface area contributed by atoms with Gasteiger partial charge in [-0.15, -0.1) is 0 Å². The summed E-state index contributed by atoms with van der Waals surface area (Å²) in [7, 11) is 0. The van der Waals surface area contributed by atoms with E-state index < -0.39 is 0 Å². The molecule has 1 aromatic carbocycles. The van der Waals surface area contributed by atoms with E-state index in [-0.39, 0.29) is 11.8 Å². The summed E-state index contributed by atoms with van der Waals surface area (Å²) in [4.78, 5) is 11.3. The number of para-hydroxylation sites is 1. The standard InChI is InChI=1S/C13H20N2O2/c1-10(2)13(17)15-8-7-14-9-11-5-3-4-6-12(11)16/h3-6,10,14,16H,7-9H2,1-2H3,(H,15,17). The van der Waals surface area contributed by atoms with Crippen LogP contribution in [-0.2, 0) is 11.3 Å². The van der Waals surface area contributed by atoms with E-state index >= 15 is 0 Å². The Hall–Kier alpha value is -1.55. The maximum atomic E-state index is 11.3. The minimum Gasteiger partial charge on any atom is -0.508 e. The van der Waals surface area contributed by atoms with Crippen LogP contribution in [0.5, 0.6) is 5.75 Å². The molecule has 3 N–H and O–H groups in total. The lowest BCUT2D eigenvalue weighted by Gasteiger charge is -2.09. The molecule has 0 fully saturated rings. The molecule has 17 heavy (non-hydrogen) atoms. The molecule has 1 rings (SSSR count). The summed E-state index contributed by atoms with van der Waals surface area (Å²) in [5.41, 5.74) is 0.864. The van der Waals surface area contributed by atoms with Crippen LogP contribution in [0.3, 0.4) is 0 Å². The first-order chi connectivity index (χ1) is 8.11. The number of hydrogen-bond acceptors (Lipinski definition) is 3. The third-order valence-electron chi connectivity index (χ3n) is 2.43. The summed E-state index contributed by atoms with van der Waals surface area (Å²) in [6.45, 7) is 5.62. The van der Waals surface area contributed by atoms with Crippen molar-refractivity contribution in [3.8, 4) is 5.75 Å². The lowest BCUT2D eigenvalue weighted by molar-refractivity contribution is -0.123. The molecule has 0 bridgehead atoms. The van der Waals surface area contributed by atoms with Gasteiger partial charge in [-0.05, 0) is 6.07 Å². The number of rotatable bonds is 6. The SMILES string of the molecule is CC(C)C(=O)NCCNCc1ccccc1O. The lowest BCUT2D eigenvalue weighted by Crippen LogP contribution is -2.34. The molecule has 0 radical (unpaired) electrons. The van der Waals surface area contributed by atoms with Gasteiger partial charge in [-0.25, -0.2) is 0 Å². The summed E-state index contributed by atoms with van der Waals surface area (Å²) in [5.74, 6) is 0.383. The average Bonchev–Trinajstić information content (AvgIpc) is 2.30. The number of benzene rings is 1. The van der Waals surface area contributed by atoms with Crippen molar-refractivity contribution in [2.75, 3.05) is 13.1 Å². The smallest absolute Gasteiger partial charge is 0.222 e. The van der Waals surface area contributed by atoms with Gasteiger partial charge in [0.1, 0.15) is 5.75 Å². The fourth-order valence-electron chi connectivity index (χ4n) is 1.36. The van der Waals surface area contributed by atoms with Crippen molar-refractivity contribution in [3.05, 3.63) is 29.8 Å². The summed E-state index contributed by atoms with van der Waals surface area (Å²) >= 11 is 0. The minimum absolute atomic E-state index is 0.0215. The van der Waals surface area contributed by atoms with E-state index in [1.165, 1.54) is 0 Å². The van der Waals surface area contributed by atoms with Crippen LogP contribution in [0.1, 0.15) is 19.4 Å². The Morgan fingerprint density at radius 1 is 1.29 bits per heavy atom. The maximum Gasteiger partial charge on any atom is 0.222 e. The van der Waals surface area contributed by atoms with Crippen LogP contribution >= 0.6 is 0 Å².